The SMILES string of the molecule is CCOC(=O)C1(C(=O)OCC)CCc2nc(C)c3c(c2C1)CC(C(=O)OCC)(C(=O)OCC)C3. The number of aromatic nitrogens is 1. The number of rotatable bonds is 8. The molecule has 2 aliphatic carbocycles. The van der Waals surface area contributed by atoms with E-state index in [1.807, 2.05) is 6.92 Å². The Bertz CT molecular complexity index is 963. The van der Waals surface area contributed by atoms with Gasteiger partial charge in [0.25, 0.3) is 0 Å². The third kappa shape index (κ3) is 4.16. The van der Waals surface area contributed by atoms with E-state index >= 15 is 0 Å². The zero-order chi connectivity index (χ0) is 25.1. The summed E-state index contributed by atoms with van der Waals surface area (Å²) in [6, 6.07) is 0. The molecule has 0 N–H and O–H groups in total. The average Bonchev–Trinajstić information content (AvgIpc) is 3.23. The molecule has 0 unspecified atom stereocenters. The summed E-state index contributed by atoms with van der Waals surface area (Å²) in [5.41, 5.74) is 0.647. The standard InChI is InChI=1S/C25H33NO8/c1-6-31-20(27)24(21(28)32-7-2)11-10-19-18(14-24)17-13-25(22(29)33-8-3,23(30)34-9-4)12-16(17)15(5)26-19/h6-14H2,1-5H3. The number of aryl methyl sites for hydroxylation is 2. The number of nitrogens with zero attached hydrogens (tertiary/aromatic N) is 1. The summed E-state index contributed by atoms with van der Waals surface area (Å²) in [7, 11) is 0. The molecule has 1 heterocycles. The highest BCUT2D eigenvalue weighted by molar-refractivity contribution is 6.02. The monoisotopic (exact) mass is 475 g/mol. The lowest BCUT2D eigenvalue weighted by atomic mass is 9.71. The van der Waals surface area contributed by atoms with Gasteiger partial charge < -0.3 is 18.9 Å². The molecule has 2 aliphatic rings. The van der Waals surface area contributed by atoms with Crippen molar-refractivity contribution in [2.45, 2.75) is 66.7 Å². The highest BCUT2D eigenvalue weighted by Crippen LogP contribution is 2.47. The van der Waals surface area contributed by atoms with Gasteiger partial charge in [0.15, 0.2) is 10.8 Å². The number of fused-ring (bicyclic) bond motifs is 3. The van der Waals surface area contributed by atoms with Crippen molar-refractivity contribution >= 4 is 23.9 Å². The second kappa shape index (κ2) is 10.1. The van der Waals surface area contributed by atoms with E-state index in [0.717, 1.165) is 16.8 Å². The van der Waals surface area contributed by atoms with Crippen molar-refractivity contribution in [3.63, 3.8) is 0 Å². The smallest absolute Gasteiger partial charge is 0.324 e. The molecule has 0 aliphatic heterocycles. The minimum absolute atomic E-state index is 0.0390. The van der Waals surface area contributed by atoms with Crippen molar-refractivity contribution in [1.29, 1.82) is 0 Å². The quantitative estimate of drug-likeness (QED) is 0.317. The van der Waals surface area contributed by atoms with Gasteiger partial charge in [0.1, 0.15) is 0 Å². The highest BCUT2D eigenvalue weighted by atomic mass is 16.6. The van der Waals surface area contributed by atoms with E-state index in [9.17, 15) is 19.2 Å². The minimum Gasteiger partial charge on any atom is -0.465 e. The van der Waals surface area contributed by atoms with E-state index in [0.29, 0.717) is 17.7 Å². The van der Waals surface area contributed by atoms with Crippen molar-refractivity contribution in [3.05, 3.63) is 28.1 Å². The average molecular weight is 476 g/mol. The lowest BCUT2D eigenvalue weighted by Crippen LogP contribution is -2.47. The van der Waals surface area contributed by atoms with Gasteiger partial charge in [0.05, 0.1) is 26.4 Å². The van der Waals surface area contributed by atoms with Crippen LogP contribution in [0.4, 0.5) is 0 Å². The molecule has 9 heteroatoms. The van der Waals surface area contributed by atoms with Gasteiger partial charge in [-0.2, -0.15) is 0 Å². The third-order valence-corrected chi connectivity index (χ3v) is 6.71. The van der Waals surface area contributed by atoms with Gasteiger partial charge in [-0.25, -0.2) is 0 Å². The molecule has 0 atom stereocenters. The van der Waals surface area contributed by atoms with Gasteiger partial charge in [0, 0.05) is 30.7 Å². The van der Waals surface area contributed by atoms with Gasteiger partial charge in [0.2, 0.25) is 0 Å². The topological polar surface area (TPSA) is 118 Å². The Labute approximate surface area is 199 Å². The molecule has 0 bridgehead atoms. The predicted octanol–water partition coefficient (Wildman–Crippen LogP) is 2.20. The zero-order valence-corrected chi connectivity index (χ0v) is 20.6. The largest absolute Gasteiger partial charge is 0.465 e. The van der Waals surface area contributed by atoms with E-state index in [1.54, 1.807) is 27.7 Å². The lowest BCUT2D eigenvalue weighted by Gasteiger charge is -2.34. The van der Waals surface area contributed by atoms with Crippen LogP contribution in [0.5, 0.6) is 0 Å². The Hall–Kier alpha value is -2.97. The Morgan fingerprint density at radius 2 is 1.09 bits per heavy atom. The number of esters is 4. The van der Waals surface area contributed by atoms with Crippen LogP contribution < -0.4 is 0 Å². The van der Waals surface area contributed by atoms with Crippen LogP contribution in [0.15, 0.2) is 0 Å². The van der Waals surface area contributed by atoms with Gasteiger partial charge in [-0.15, -0.1) is 0 Å². The Balaban J connectivity index is 2.12. The van der Waals surface area contributed by atoms with E-state index in [4.69, 9.17) is 23.9 Å². The van der Waals surface area contributed by atoms with Crippen LogP contribution in [0, 0.1) is 17.8 Å². The second-order valence-electron chi connectivity index (χ2n) is 8.66. The first-order chi connectivity index (χ1) is 16.2. The molecule has 0 spiro atoms. The number of ether oxygens (including phenoxy) is 4. The number of hydrogen-bond acceptors (Lipinski definition) is 9. The Morgan fingerprint density at radius 3 is 1.56 bits per heavy atom. The normalized spacial score (nSPS) is 17.2. The summed E-state index contributed by atoms with van der Waals surface area (Å²) >= 11 is 0. The molecular formula is C25H33NO8. The summed E-state index contributed by atoms with van der Waals surface area (Å²) < 4.78 is 21.1. The molecule has 1 aromatic heterocycles. The first kappa shape index (κ1) is 25.6. The number of hydrogen-bond donors (Lipinski definition) is 0. The number of carbonyl (C=O) groups excluding carboxylic acids is 4. The molecule has 0 amide bonds. The van der Waals surface area contributed by atoms with Gasteiger partial charge in [-0.1, -0.05) is 0 Å². The highest BCUT2D eigenvalue weighted by Gasteiger charge is 2.57. The summed E-state index contributed by atoms with van der Waals surface area (Å²) in [5, 5.41) is 0. The summed E-state index contributed by atoms with van der Waals surface area (Å²) in [5.74, 6) is -2.55. The molecule has 0 saturated heterocycles. The maximum absolute atomic E-state index is 13.1. The minimum atomic E-state index is -1.52. The van der Waals surface area contributed by atoms with Crippen LogP contribution in [-0.4, -0.2) is 55.3 Å². The Morgan fingerprint density at radius 1 is 0.676 bits per heavy atom. The van der Waals surface area contributed by atoms with Crippen LogP contribution in [-0.2, 0) is 63.8 Å². The first-order valence-electron chi connectivity index (χ1n) is 11.9. The molecular weight excluding hydrogens is 442 g/mol. The third-order valence-electron chi connectivity index (χ3n) is 6.71. The van der Waals surface area contributed by atoms with Crippen LogP contribution in [0.2, 0.25) is 0 Å². The molecule has 186 valence electrons. The van der Waals surface area contributed by atoms with Crippen LogP contribution in [0.3, 0.4) is 0 Å². The van der Waals surface area contributed by atoms with Crippen molar-refractivity contribution in [2.24, 2.45) is 10.8 Å². The lowest BCUT2D eigenvalue weighted by molar-refractivity contribution is -0.174. The van der Waals surface area contributed by atoms with Gasteiger partial charge in [-0.05, 0) is 64.2 Å². The molecule has 3 rings (SSSR count). The summed E-state index contributed by atoms with van der Waals surface area (Å²) in [4.78, 5) is 56.9. The van der Waals surface area contributed by atoms with Crippen molar-refractivity contribution in [3.8, 4) is 0 Å². The fourth-order valence-corrected chi connectivity index (χ4v) is 5.04. The fourth-order valence-electron chi connectivity index (χ4n) is 5.04. The molecule has 0 aromatic carbocycles. The first-order valence-corrected chi connectivity index (χ1v) is 11.9. The molecule has 0 radical (unpaired) electrons. The van der Waals surface area contributed by atoms with E-state index in [1.165, 1.54) is 0 Å². The zero-order valence-electron chi connectivity index (χ0n) is 20.6. The van der Waals surface area contributed by atoms with E-state index < -0.39 is 34.7 Å². The maximum Gasteiger partial charge on any atom is 0.324 e. The molecule has 9 nitrogen and oxygen atoms in total. The number of pyridine rings is 1. The Kier molecular flexibility index (Phi) is 7.63. The van der Waals surface area contributed by atoms with Crippen LogP contribution >= 0.6 is 0 Å². The number of carbonyl (C=O) groups is 4. The second-order valence-corrected chi connectivity index (χ2v) is 8.66. The maximum atomic E-state index is 13.1. The molecule has 0 saturated carbocycles. The van der Waals surface area contributed by atoms with Crippen molar-refractivity contribution in [1.82, 2.24) is 4.98 Å². The van der Waals surface area contributed by atoms with Crippen molar-refractivity contribution < 1.29 is 38.1 Å². The van der Waals surface area contributed by atoms with Crippen LogP contribution in [0.25, 0.3) is 0 Å². The van der Waals surface area contributed by atoms with Gasteiger partial charge in [-0.3, -0.25) is 24.2 Å². The summed E-state index contributed by atoms with van der Waals surface area (Å²) in [6.07, 6.45) is 0.777. The molecule has 0 fully saturated rings. The van der Waals surface area contributed by atoms with E-state index in [-0.39, 0.29) is 52.1 Å². The van der Waals surface area contributed by atoms with Crippen molar-refractivity contribution in [2.75, 3.05) is 26.4 Å². The summed E-state index contributed by atoms with van der Waals surface area (Å²) in [6.45, 7) is 9.08. The van der Waals surface area contributed by atoms with Gasteiger partial charge >= 0.3 is 23.9 Å². The molecule has 1 aromatic rings. The van der Waals surface area contributed by atoms with E-state index in [2.05, 4.69) is 0 Å². The fraction of sp³-hybridized carbons (Fsp3) is 0.640. The predicted molar refractivity (Wildman–Crippen MR) is 120 cm³/mol. The van der Waals surface area contributed by atoms with Crippen LogP contribution in [0.1, 0.15) is 62.2 Å². The molecule has 34 heavy (non-hydrogen) atoms.